The van der Waals surface area contributed by atoms with Gasteiger partial charge < -0.3 is 15.0 Å². The molecule has 0 saturated carbocycles. The first-order valence-corrected chi connectivity index (χ1v) is 9.68. The Labute approximate surface area is 137 Å². The van der Waals surface area contributed by atoms with E-state index >= 15 is 0 Å². The topological polar surface area (TPSA) is 75.7 Å². The highest BCUT2D eigenvalue weighted by molar-refractivity contribution is 7.91. The molecule has 1 heterocycles. The number of amides is 2. The molecule has 1 unspecified atom stereocenters. The fraction of sp³-hybridized carbons (Fsp3) is 0.562. The molecule has 0 spiro atoms. The number of urea groups is 1. The summed E-state index contributed by atoms with van der Waals surface area (Å²) < 4.78 is 28.6. The average Bonchev–Trinajstić information content (AvgIpc) is 2.86. The molecule has 1 aromatic carbocycles. The third-order valence-corrected chi connectivity index (χ3v) is 5.67. The number of ether oxygens (including phenoxy) is 1. The molecule has 1 fully saturated rings. The standard InChI is InChI=1S/C16H24N2O4S/c1-3-18(14-8-11-23(20,21)12-14)16(19)17-9-10-22-15-6-4-13(2)5-7-15/h4-7,14H,3,8-12H2,1-2H3,(H,17,19). The number of sulfone groups is 1. The van der Waals surface area contributed by atoms with Crippen molar-refractivity contribution < 1.29 is 17.9 Å². The molecule has 2 amide bonds. The number of benzene rings is 1. The lowest BCUT2D eigenvalue weighted by Crippen LogP contribution is -2.47. The van der Waals surface area contributed by atoms with E-state index in [0.29, 0.717) is 26.1 Å². The van der Waals surface area contributed by atoms with Crippen molar-refractivity contribution in [2.45, 2.75) is 26.3 Å². The molecule has 0 aliphatic carbocycles. The minimum Gasteiger partial charge on any atom is -0.492 e. The monoisotopic (exact) mass is 340 g/mol. The van der Waals surface area contributed by atoms with Crippen LogP contribution in [0.5, 0.6) is 5.75 Å². The number of rotatable bonds is 6. The average molecular weight is 340 g/mol. The van der Waals surface area contributed by atoms with Crippen LogP contribution >= 0.6 is 0 Å². The van der Waals surface area contributed by atoms with E-state index in [0.717, 1.165) is 11.3 Å². The highest BCUT2D eigenvalue weighted by Crippen LogP contribution is 2.17. The van der Waals surface area contributed by atoms with Crippen LogP contribution in [0.3, 0.4) is 0 Å². The Bertz CT molecular complexity index is 628. The molecular formula is C16H24N2O4S. The van der Waals surface area contributed by atoms with E-state index < -0.39 is 9.84 Å². The zero-order valence-electron chi connectivity index (χ0n) is 13.6. The highest BCUT2D eigenvalue weighted by Gasteiger charge is 2.33. The lowest BCUT2D eigenvalue weighted by atomic mass is 10.2. The van der Waals surface area contributed by atoms with Crippen LogP contribution in [0.4, 0.5) is 4.79 Å². The van der Waals surface area contributed by atoms with Crippen molar-refractivity contribution in [2.75, 3.05) is 31.2 Å². The van der Waals surface area contributed by atoms with Gasteiger partial charge in [-0.25, -0.2) is 13.2 Å². The Hall–Kier alpha value is -1.76. The number of hydrogen-bond donors (Lipinski definition) is 1. The van der Waals surface area contributed by atoms with E-state index in [-0.39, 0.29) is 23.6 Å². The molecule has 1 N–H and O–H groups in total. The molecule has 1 atom stereocenters. The maximum atomic E-state index is 12.2. The number of nitrogens with zero attached hydrogens (tertiary/aromatic N) is 1. The van der Waals surface area contributed by atoms with Gasteiger partial charge in [0.1, 0.15) is 12.4 Å². The van der Waals surface area contributed by atoms with Crippen molar-refractivity contribution in [2.24, 2.45) is 0 Å². The zero-order chi connectivity index (χ0) is 16.9. The second kappa shape index (κ2) is 7.68. The van der Waals surface area contributed by atoms with E-state index in [9.17, 15) is 13.2 Å². The Morgan fingerprint density at radius 3 is 2.61 bits per heavy atom. The predicted octanol–water partition coefficient (Wildman–Crippen LogP) is 1.59. The molecule has 6 nitrogen and oxygen atoms in total. The quantitative estimate of drug-likeness (QED) is 0.798. The number of nitrogens with one attached hydrogen (secondary N) is 1. The third kappa shape index (κ3) is 5.13. The van der Waals surface area contributed by atoms with Gasteiger partial charge in [0.2, 0.25) is 0 Å². The van der Waals surface area contributed by atoms with Crippen LogP contribution in [0, 0.1) is 6.92 Å². The molecule has 23 heavy (non-hydrogen) atoms. The number of carbonyl (C=O) groups excluding carboxylic acids is 1. The van der Waals surface area contributed by atoms with Crippen LogP contribution in [0.15, 0.2) is 24.3 Å². The smallest absolute Gasteiger partial charge is 0.317 e. The van der Waals surface area contributed by atoms with E-state index in [2.05, 4.69) is 5.32 Å². The van der Waals surface area contributed by atoms with Gasteiger partial charge in [0.05, 0.1) is 18.1 Å². The van der Waals surface area contributed by atoms with Crippen LogP contribution in [0.25, 0.3) is 0 Å². The summed E-state index contributed by atoms with van der Waals surface area (Å²) in [5, 5.41) is 2.79. The summed E-state index contributed by atoms with van der Waals surface area (Å²) in [6, 6.07) is 7.25. The first-order chi connectivity index (χ1) is 10.9. The molecular weight excluding hydrogens is 316 g/mol. The largest absolute Gasteiger partial charge is 0.492 e. The van der Waals surface area contributed by atoms with Gasteiger partial charge in [-0.3, -0.25) is 0 Å². The summed E-state index contributed by atoms with van der Waals surface area (Å²) in [4.78, 5) is 13.8. The van der Waals surface area contributed by atoms with Gasteiger partial charge in [-0.1, -0.05) is 17.7 Å². The lowest BCUT2D eigenvalue weighted by molar-refractivity contribution is 0.181. The van der Waals surface area contributed by atoms with Crippen LogP contribution in [0.2, 0.25) is 0 Å². The molecule has 1 aliphatic heterocycles. The molecule has 1 aliphatic rings. The SMILES string of the molecule is CCN(C(=O)NCCOc1ccc(C)cc1)C1CCS(=O)(=O)C1. The second-order valence-electron chi connectivity index (χ2n) is 5.74. The van der Waals surface area contributed by atoms with Gasteiger partial charge in [0, 0.05) is 12.6 Å². The third-order valence-electron chi connectivity index (χ3n) is 3.92. The minimum absolute atomic E-state index is 0.0636. The van der Waals surface area contributed by atoms with Crippen molar-refractivity contribution in [1.82, 2.24) is 10.2 Å². The van der Waals surface area contributed by atoms with Gasteiger partial charge in [0.15, 0.2) is 9.84 Å². The van der Waals surface area contributed by atoms with Gasteiger partial charge in [0.25, 0.3) is 0 Å². The fourth-order valence-electron chi connectivity index (χ4n) is 2.65. The number of hydrogen-bond acceptors (Lipinski definition) is 4. The summed E-state index contributed by atoms with van der Waals surface area (Å²) in [7, 11) is -3.00. The van der Waals surface area contributed by atoms with Crippen molar-refractivity contribution in [3.63, 3.8) is 0 Å². The summed E-state index contributed by atoms with van der Waals surface area (Å²) in [6.45, 7) is 5.10. The predicted molar refractivity (Wildman–Crippen MR) is 89.5 cm³/mol. The van der Waals surface area contributed by atoms with Crippen molar-refractivity contribution in [1.29, 1.82) is 0 Å². The maximum Gasteiger partial charge on any atom is 0.317 e. The second-order valence-corrected chi connectivity index (χ2v) is 7.97. The van der Waals surface area contributed by atoms with E-state index in [1.54, 1.807) is 4.90 Å². The Morgan fingerprint density at radius 1 is 1.35 bits per heavy atom. The van der Waals surface area contributed by atoms with Gasteiger partial charge >= 0.3 is 6.03 Å². The van der Waals surface area contributed by atoms with Gasteiger partial charge in [-0.15, -0.1) is 0 Å². The van der Waals surface area contributed by atoms with Crippen molar-refractivity contribution in [3.05, 3.63) is 29.8 Å². The molecule has 0 aromatic heterocycles. The fourth-order valence-corrected chi connectivity index (χ4v) is 4.38. The number of aryl methyl sites for hydroxylation is 1. The molecule has 128 valence electrons. The van der Waals surface area contributed by atoms with Crippen LogP contribution in [-0.4, -0.2) is 56.6 Å². The number of carbonyl (C=O) groups is 1. The van der Waals surface area contributed by atoms with Crippen LogP contribution in [0.1, 0.15) is 18.9 Å². The van der Waals surface area contributed by atoms with Crippen LogP contribution in [-0.2, 0) is 9.84 Å². The zero-order valence-corrected chi connectivity index (χ0v) is 14.4. The summed E-state index contributed by atoms with van der Waals surface area (Å²) in [5.41, 5.74) is 1.16. The molecule has 0 bridgehead atoms. The minimum atomic E-state index is -3.00. The molecule has 7 heteroatoms. The molecule has 1 saturated heterocycles. The summed E-state index contributed by atoms with van der Waals surface area (Å²) in [6.07, 6.45) is 0.517. The first kappa shape index (κ1) is 17.6. The lowest BCUT2D eigenvalue weighted by Gasteiger charge is -2.27. The maximum absolute atomic E-state index is 12.2. The van der Waals surface area contributed by atoms with E-state index in [1.165, 1.54) is 0 Å². The van der Waals surface area contributed by atoms with Crippen molar-refractivity contribution >= 4 is 15.9 Å². The highest BCUT2D eigenvalue weighted by atomic mass is 32.2. The van der Waals surface area contributed by atoms with Crippen LogP contribution < -0.4 is 10.1 Å². The first-order valence-electron chi connectivity index (χ1n) is 7.85. The molecule has 2 rings (SSSR count). The summed E-state index contributed by atoms with van der Waals surface area (Å²) in [5.74, 6) is 0.991. The van der Waals surface area contributed by atoms with Crippen molar-refractivity contribution in [3.8, 4) is 5.75 Å². The molecule has 0 radical (unpaired) electrons. The molecule has 1 aromatic rings. The summed E-state index contributed by atoms with van der Waals surface area (Å²) >= 11 is 0. The Morgan fingerprint density at radius 2 is 2.04 bits per heavy atom. The Kier molecular flexibility index (Phi) is 5.87. The Balaban J connectivity index is 1.75. The van der Waals surface area contributed by atoms with Gasteiger partial charge in [-0.2, -0.15) is 0 Å². The van der Waals surface area contributed by atoms with E-state index in [1.807, 2.05) is 38.1 Å². The van der Waals surface area contributed by atoms with E-state index in [4.69, 9.17) is 4.74 Å². The van der Waals surface area contributed by atoms with Gasteiger partial charge in [-0.05, 0) is 32.4 Å². The normalized spacial score (nSPS) is 19.3.